The minimum Gasteiger partial charge on any atom is -0.310 e. The van der Waals surface area contributed by atoms with Crippen LogP contribution in [0.3, 0.4) is 0 Å². The van der Waals surface area contributed by atoms with Crippen molar-refractivity contribution in [1.29, 1.82) is 0 Å². The molecule has 0 radical (unpaired) electrons. The van der Waals surface area contributed by atoms with Gasteiger partial charge < -0.3 is 9.47 Å². The highest BCUT2D eigenvalue weighted by molar-refractivity contribution is 7.26. The van der Waals surface area contributed by atoms with Gasteiger partial charge in [0.15, 0.2) is 0 Å². The molecule has 0 aliphatic rings. The van der Waals surface area contributed by atoms with Crippen LogP contribution in [0, 0.1) is 0 Å². The average Bonchev–Trinajstić information content (AvgIpc) is 3.61. The van der Waals surface area contributed by atoms with E-state index in [2.05, 4.69) is 167 Å². The van der Waals surface area contributed by atoms with Gasteiger partial charge in [-0.15, -0.1) is 11.3 Å². The Hall–Kier alpha value is -5.38. The molecule has 0 saturated carbocycles. The van der Waals surface area contributed by atoms with Crippen molar-refractivity contribution >= 4 is 81.1 Å². The molecule has 0 fully saturated rings. The Balaban J connectivity index is 1.28. The number of fused-ring (bicyclic) bond motifs is 8. The van der Waals surface area contributed by atoms with Gasteiger partial charge in [0.05, 0.1) is 11.0 Å². The molecular formula is C40H26N2S. The van der Waals surface area contributed by atoms with Crippen molar-refractivity contribution in [3.63, 3.8) is 0 Å². The Kier molecular flexibility index (Phi) is 5.40. The first kappa shape index (κ1) is 24.2. The van der Waals surface area contributed by atoms with Crippen molar-refractivity contribution in [3.05, 3.63) is 158 Å². The lowest BCUT2D eigenvalue weighted by atomic mass is 10.0. The van der Waals surface area contributed by atoms with Crippen LogP contribution in [-0.2, 0) is 0 Å². The zero-order chi connectivity index (χ0) is 28.3. The standard InChI is InChI=1S/C40H26N2S/c1-3-11-28(12-4-1)41(30-20-23-32-27(25-30)19-22-36-35-16-8-10-18-39(35)43-40(32)36)31-21-24-34-33-15-7-9-17-37(33)42(38(34)26-31)29-13-5-2-6-14-29/h1-26H. The number of anilines is 3. The molecule has 0 spiro atoms. The van der Waals surface area contributed by atoms with E-state index < -0.39 is 0 Å². The highest BCUT2D eigenvalue weighted by atomic mass is 32.1. The summed E-state index contributed by atoms with van der Waals surface area (Å²) in [6.07, 6.45) is 0. The van der Waals surface area contributed by atoms with Crippen LogP contribution < -0.4 is 4.90 Å². The van der Waals surface area contributed by atoms with Crippen LogP contribution >= 0.6 is 11.3 Å². The summed E-state index contributed by atoms with van der Waals surface area (Å²) in [6, 6.07) is 57.1. The fraction of sp³-hybridized carbons (Fsp3) is 0. The highest BCUT2D eigenvalue weighted by Gasteiger charge is 2.18. The fourth-order valence-electron chi connectivity index (χ4n) is 6.62. The van der Waals surface area contributed by atoms with Crippen molar-refractivity contribution in [2.45, 2.75) is 0 Å². The topological polar surface area (TPSA) is 8.17 Å². The zero-order valence-electron chi connectivity index (χ0n) is 23.3. The van der Waals surface area contributed by atoms with Gasteiger partial charge in [-0.2, -0.15) is 0 Å². The van der Waals surface area contributed by atoms with E-state index in [-0.39, 0.29) is 0 Å². The third-order valence-corrected chi connectivity index (χ3v) is 9.77. The predicted octanol–water partition coefficient (Wildman–Crippen LogP) is 11.8. The Morgan fingerprint density at radius 3 is 1.88 bits per heavy atom. The Morgan fingerprint density at radius 1 is 0.419 bits per heavy atom. The molecule has 0 bridgehead atoms. The van der Waals surface area contributed by atoms with Gasteiger partial charge in [0, 0.05) is 53.7 Å². The van der Waals surface area contributed by atoms with Crippen LogP contribution in [0.5, 0.6) is 0 Å². The number of rotatable bonds is 4. The smallest absolute Gasteiger partial charge is 0.0561 e. The Bertz CT molecular complexity index is 2450. The van der Waals surface area contributed by atoms with Gasteiger partial charge in [-0.3, -0.25) is 0 Å². The summed E-state index contributed by atoms with van der Waals surface area (Å²) < 4.78 is 5.07. The van der Waals surface area contributed by atoms with Crippen LogP contribution in [0.25, 0.3) is 58.4 Å². The van der Waals surface area contributed by atoms with Crippen LogP contribution in [-0.4, -0.2) is 4.57 Å². The molecule has 2 nitrogen and oxygen atoms in total. The van der Waals surface area contributed by atoms with E-state index >= 15 is 0 Å². The molecule has 43 heavy (non-hydrogen) atoms. The van der Waals surface area contributed by atoms with Crippen molar-refractivity contribution in [1.82, 2.24) is 4.57 Å². The molecule has 0 N–H and O–H groups in total. The molecule has 2 heterocycles. The predicted molar refractivity (Wildman–Crippen MR) is 186 cm³/mol. The second-order valence-corrected chi connectivity index (χ2v) is 12.1. The van der Waals surface area contributed by atoms with Gasteiger partial charge in [0.25, 0.3) is 0 Å². The quantitative estimate of drug-likeness (QED) is 0.206. The summed E-state index contributed by atoms with van der Waals surface area (Å²) in [5.74, 6) is 0. The Morgan fingerprint density at radius 2 is 1.05 bits per heavy atom. The van der Waals surface area contributed by atoms with E-state index in [1.165, 1.54) is 52.8 Å². The largest absolute Gasteiger partial charge is 0.310 e. The van der Waals surface area contributed by atoms with Crippen LogP contribution in [0.15, 0.2) is 158 Å². The molecule has 0 amide bonds. The number of thiophene rings is 1. The summed E-state index contributed by atoms with van der Waals surface area (Å²) in [6.45, 7) is 0. The number of para-hydroxylation sites is 3. The molecular weight excluding hydrogens is 541 g/mol. The fourth-order valence-corrected chi connectivity index (χ4v) is 7.85. The SMILES string of the molecule is c1ccc(N(c2ccc3c(ccc4c5ccccc5sc34)c2)c2ccc3c4ccccc4n(-c4ccccc4)c3c2)cc1. The first-order valence-electron chi connectivity index (χ1n) is 14.6. The second-order valence-electron chi connectivity index (χ2n) is 11.0. The van der Waals surface area contributed by atoms with Crippen molar-refractivity contribution in [2.24, 2.45) is 0 Å². The number of nitrogens with zero attached hydrogens (tertiary/aromatic N) is 2. The molecule has 202 valence electrons. The molecule has 7 aromatic carbocycles. The van der Waals surface area contributed by atoms with Gasteiger partial charge in [-0.25, -0.2) is 0 Å². The normalized spacial score (nSPS) is 11.7. The molecule has 9 aromatic rings. The molecule has 0 aliphatic heterocycles. The maximum atomic E-state index is 2.38. The van der Waals surface area contributed by atoms with Crippen LogP contribution in [0.2, 0.25) is 0 Å². The maximum absolute atomic E-state index is 2.38. The van der Waals surface area contributed by atoms with Gasteiger partial charge in [-0.1, -0.05) is 97.1 Å². The lowest BCUT2D eigenvalue weighted by Crippen LogP contribution is -2.10. The second kappa shape index (κ2) is 9.59. The summed E-state index contributed by atoms with van der Waals surface area (Å²) in [7, 11) is 0. The lowest BCUT2D eigenvalue weighted by Gasteiger charge is -2.26. The molecule has 0 aliphatic carbocycles. The van der Waals surface area contributed by atoms with Gasteiger partial charge in [-0.05, 0) is 71.4 Å². The molecule has 0 saturated heterocycles. The highest BCUT2D eigenvalue weighted by Crippen LogP contribution is 2.43. The number of benzene rings is 7. The summed E-state index contributed by atoms with van der Waals surface area (Å²) in [4.78, 5) is 2.38. The summed E-state index contributed by atoms with van der Waals surface area (Å²) >= 11 is 1.88. The van der Waals surface area contributed by atoms with Crippen molar-refractivity contribution in [2.75, 3.05) is 4.90 Å². The number of hydrogen-bond acceptors (Lipinski definition) is 2. The van der Waals surface area contributed by atoms with Gasteiger partial charge in [0.2, 0.25) is 0 Å². The van der Waals surface area contributed by atoms with E-state index in [0.29, 0.717) is 0 Å². The van der Waals surface area contributed by atoms with Crippen molar-refractivity contribution in [3.8, 4) is 5.69 Å². The van der Waals surface area contributed by atoms with E-state index in [4.69, 9.17) is 0 Å². The Labute approximate surface area is 253 Å². The van der Waals surface area contributed by atoms with Crippen LogP contribution in [0.4, 0.5) is 17.1 Å². The average molecular weight is 567 g/mol. The van der Waals surface area contributed by atoms with E-state index in [1.54, 1.807) is 0 Å². The monoisotopic (exact) mass is 566 g/mol. The number of aromatic nitrogens is 1. The van der Waals surface area contributed by atoms with Gasteiger partial charge >= 0.3 is 0 Å². The molecule has 3 heteroatoms. The van der Waals surface area contributed by atoms with Crippen molar-refractivity contribution < 1.29 is 0 Å². The minimum absolute atomic E-state index is 1.13. The third-order valence-electron chi connectivity index (χ3n) is 8.55. The van der Waals surface area contributed by atoms with E-state index in [1.807, 2.05) is 11.3 Å². The molecule has 9 rings (SSSR count). The zero-order valence-corrected chi connectivity index (χ0v) is 24.1. The minimum atomic E-state index is 1.13. The summed E-state index contributed by atoms with van der Waals surface area (Å²) in [5.41, 5.74) is 6.97. The van der Waals surface area contributed by atoms with E-state index in [0.717, 1.165) is 22.7 Å². The summed E-state index contributed by atoms with van der Waals surface area (Å²) in [5, 5.41) is 7.73. The molecule has 2 aromatic heterocycles. The third kappa shape index (κ3) is 3.79. The van der Waals surface area contributed by atoms with E-state index in [9.17, 15) is 0 Å². The number of hydrogen-bond donors (Lipinski definition) is 0. The first-order chi connectivity index (χ1) is 21.3. The molecule has 0 unspecified atom stereocenters. The lowest BCUT2D eigenvalue weighted by molar-refractivity contribution is 1.18. The van der Waals surface area contributed by atoms with Crippen LogP contribution in [0.1, 0.15) is 0 Å². The van der Waals surface area contributed by atoms with Gasteiger partial charge in [0.1, 0.15) is 0 Å². The molecule has 0 atom stereocenters. The maximum Gasteiger partial charge on any atom is 0.0561 e. The first-order valence-corrected chi connectivity index (χ1v) is 15.4.